The maximum atomic E-state index is 4.58. The molecule has 3 nitrogen and oxygen atoms in total. The number of hydrogen-bond acceptors (Lipinski definition) is 5. The molecule has 5 heteroatoms. The van der Waals surface area contributed by atoms with E-state index in [0.29, 0.717) is 17.2 Å². The van der Waals surface area contributed by atoms with Crippen LogP contribution in [0.25, 0.3) is 0 Å². The van der Waals surface area contributed by atoms with Crippen molar-refractivity contribution >= 4 is 28.3 Å². The number of nitrogens with zero attached hydrogens (tertiary/aromatic N) is 2. The molecule has 17 heavy (non-hydrogen) atoms. The van der Waals surface area contributed by atoms with Gasteiger partial charge in [0.15, 0.2) is 5.17 Å². The number of aliphatic imine (C=N–C) groups is 1. The van der Waals surface area contributed by atoms with Gasteiger partial charge < -0.3 is 5.32 Å². The Balaban J connectivity index is 1.93. The zero-order valence-corrected chi connectivity index (χ0v) is 12.1. The van der Waals surface area contributed by atoms with Crippen molar-refractivity contribution in [2.75, 3.05) is 6.54 Å². The number of amidine groups is 1. The van der Waals surface area contributed by atoms with E-state index in [-0.39, 0.29) is 0 Å². The van der Waals surface area contributed by atoms with Crippen molar-refractivity contribution in [3.05, 3.63) is 16.6 Å². The Hall–Kier alpha value is -0.550. The molecule has 94 valence electrons. The maximum absolute atomic E-state index is 4.58. The number of nitrogens with one attached hydrogen (secondary N) is 1. The highest BCUT2D eigenvalue weighted by Crippen LogP contribution is 2.28. The largest absolute Gasteiger partial charge is 0.356 e. The lowest BCUT2D eigenvalue weighted by atomic mass is 10.1. The van der Waals surface area contributed by atoms with Gasteiger partial charge in [-0.15, -0.1) is 11.3 Å². The molecule has 0 saturated heterocycles. The maximum Gasteiger partial charge on any atom is 0.157 e. The van der Waals surface area contributed by atoms with Crippen molar-refractivity contribution in [3.63, 3.8) is 0 Å². The monoisotopic (exact) mass is 269 g/mol. The minimum atomic E-state index is 0.312. The highest BCUT2D eigenvalue weighted by molar-refractivity contribution is 8.14. The number of aromatic nitrogens is 1. The summed E-state index contributed by atoms with van der Waals surface area (Å²) in [5.41, 5.74) is 0. The van der Waals surface area contributed by atoms with E-state index >= 15 is 0 Å². The van der Waals surface area contributed by atoms with Gasteiger partial charge in [-0.2, -0.15) is 0 Å². The lowest BCUT2D eigenvalue weighted by Crippen LogP contribution is -2.25. The summed E-state index contributed by atoms with van der Waals surface area (Å²) in [5.74, 6) is 0.683. The lowest BCUT2D eigenvalue weighted by molar-refractivity contribution is 0.617. The van der Waals surface area contributed by atoms with Crippen LogP contribution in [0.5, 0.6) is 0 Å². The molecule has 0 amide bonds. The third-order valence-corrected chi connectivity index (χ3v) is 5.23. The molecule has 0 radical (unpaired) electrons. The molecule has 0 fully saturated rings. The Morgan fingerprint density at radius 2 is 2.35 bits per heavy atom. The quantitative estimate of drug-likeness (QED) is 0.911. The molecular weight excluding hydrogens is 250 g/mol. The van der Waals surface area contributed by atoms with E-state index in [0.717, 1.165) is 23.1 Å². The van der Waals surface area contributed by atoms with Crippen LogP contribution in [0.2, 0.25) is 0 Å². The Kier molecular flexibility index (Phi) is 4.45. The first kappa shape index (κ1) is 12.9. The summed E-state index contributed by atoms with van der Waals surface area (Å²) in [4.78, 5) is 8.96. The van der Waals surface area contributed by atoms with Gasteiger partial charge >= 0.3 is 0 Å². The average Bonchev–Trinajstić information content (AvgIpc) is 2.96. The first-order valence-corrected chi connectivity index (χ1v) is 7.83. The molecule has 1 N–H and O–H groups in total. The molecule has 0 saturated carbocycles. The number of thiazole rings is 1. The fourth-order valence-electron chi connectivity index (χ4n) is 1.71. The van der Waals surface area contributed by atoms with Crippen LogP contribution >= 0.6 is 23.1 Å². The Morgan fingerprint density at radius 1 is 1.53 bits per heavy atom. The second-order valence-corrected chi connectivity index (χ2v) is 6.68. The smallest absolute Gasteiger partial charge is 0.157 e. The lowest BCUT2D eigenvalue weighted by Gasteiger charge is -2.16. The SMILES string of the molecule is CCC(NC1=NCC(C(C)C)S1)c1nccs1. The molecule has 1 aromatic heterocycles. The molecule has 0 spiro atoms. The Morgan fingerprint density at radius 3 is 2.88 bits per heavy atom. The Bertz CT molecular complexity index is 373. The molecule has 0 aliphatic carbocycles. The zero-order chi connectivity index (χ0) is 12.3. The van der Waals surface area contributed by atoms with Crippen LogP contribution < -0.4 is 5.32 Å². The predicted molar refractivity (Wildman–Crippen MR) is 76.8 cm³/mol. The second kappa shape index (κ2) is 5.87. The van der Waals surface area contributed by atoms with E-state index in [1.165, 1.54) is 0 Å². The van der Waals surface area contributed by atoms with Gasteiger partial charge in [-0.1, -0.05) is 32.5 Å². The van der Waals surface area contributed by atoms with Gasteiger partial charge in [-0.3, -0.25) is 4.99 Å². The van der Waals surface area contributed by atoms with E-state index in [4.69, 9.17) is 0 Å². The summed E-state index contributed by atoms with van der Waals surface area (Å²) in [7, 11) is 0. The summed E-state index contributed by atoms with van der Waals surface area (Å²) in [6.07, 6.45) is 2.91. The van der Waals surface area contributed by atoms with Gasteiger partial charge in [0.25, 0.3) is 0 Å². The Labute approximate surface area is 111 Å². The predicted octanol–water partition coefficient (Wildman–Crippen LogP) is 3.31. The first-order valence-electron chi connectivity index (χ1n) is 6.07. The van der Waals surface area contributed by atoms with Gasteiger partial charge in [0.2, 0.25) is 0 Å². The number of hydrogen-bond donors (Lipinski definition) is 1. The van der Waals surface area contributed by atoms with Gasteiger partial charge in [-0.05, 0) is 12.3 Å². The summed E-state index contributed by atoms with van der Waals surface area (Å²) < 4.78 is 0. The van der Waals surface area contributed by atoms with E-state index < -0.39 is 0 Å². The molecule has 2 atom stereocenters. The van der Waals surface area contributed by atoms with E-state index in [9.17, 15) is 0 Å². The minimum absolute atomic E-state index is 0.312. The standard InChI is InChI=1S/C12H19N3S2/c1-4-9(11-13-5-6-16-11)15-12-14-7-10(17-12)8(2)3/h5-6,8-10H,4,7H2,1-3H3,(H,14,15). The highest BCUT2D eigenvalue weighted by atomic mass is 32.2. The fourth-order valence-corrected chi connectivity index (χ4v) is 3.55. The topological polar surface area (TPSA) is 37.3 Å². The molecule has 0 aromatic carbocycles. The molecule has 2 heterocycles. The van der Waals surface area contributed by atoms with Crippen molar-refractivity contribution in [1.29, 1.82) is 0 Å². The third kappa shape index (κ3) is 3.22. The van der Waals surface area contributed by atoms with Crippen LogP contribution in [0.1, 0.15) is 38.2 Å². The molecule has 1 aromatic rings. The second-order valence-electron chi connectivity index (χ2n) is 4.52. The molecule has 2 unspecified atom stereocenters. The third-order valence-electron chi connectivity index (χ3n) is 2.88. The van der Waals surface area contributed by atoms with Gasteiger partial charge in [0.1, 0.15) is 5.01 Å². The average molecular weight is 269 g/mol. The fraction of sp³-hybridized carbons (Fsp3) is 0.667. The molecular formula is C12H19N3S2. The molecule has 0 bridgehead atoms. The highest BCUT2D eigenvalue weighted by Gasteiger charge is 2.24. The van der Waals surface area contributed by atoms with Crippen LogP contribution in [0.15, 0.2) is 16.6 Å². The van der Waals surface area contributed by atoms with Crippen LogP contribution in [0.3, 0.4) is 0 Å². The van der Waals surface area contributed by atoms with Crippen molar-refractivity contribution in [2.24, 2.45) is 10.9 Å². The first-order chi connectivity index (χ1) is 8.20. The summed E-state index contributed by atoms with van der Waals surface area (Å²) in [6.45, 7) is 7.64. The van der Waals surface area contributed by atoms with Crippen molar-refractivity contribution in [3.8, 4) is 0 Å². The number of thioether (sulfide) groups is 1. The van der Waals surface area contributed by atoms with Crippen molar-refractivity contribution in [1.82, 2.24) is 10.3 Å². The summed E-state index contributed by atoms with van der Waals surface area (Å²) in [5, 5.41) is 8.42. The van der Waals surface area contributed by atoms with Gasteiger partial charge in [-0.25, -0.2) is 4.98 Å². The van der Waals surface area contributed by atoms with Gasteiger partial charge in [0.05, 0.1) is 12.6 Å². The zero-order valence-electron chi connectivity index (χ0n) is 10.5. The molecule has 1 aliphatic heterocycles. The van der Waals surface area contributed by atoms with Crippen LogP contribution in [-0.4, -0.2) is 21.9 Å². The van der Waals surface area contributed by atoms with Crippen LogP contribution in [-0.2, 0) is 0 Å². The van der Waals surface area contributed by atoms with E-state index in [2.05, 4.69) is 36.1 Å². The van der Waals surface area contributed by atoms with Gasteiger partial charge in [0, 0.05) is 16.8 Å². The molecule has 1 aliphatic rings. The van der Waals surface area contributed by atoms with E-state index in [1.54, 1.807) is 11.3 Å². The van der Waals surface area contributed by atoms with E-state index in [1.807, 2.05) is 23.3 Å². The van der Waals surface area contributed by atoms with Crippen molar-refractivity contribution in [2.45, 2.75) is 38.5 Å². The summed E-state index contributed by atoms with van der Waals surface area (Å²) in [6, 6.07) is 0.312. The van der Waals surface area contributed by atoms with Crippen LogP contribution in [0.4, 0.5) is 0 Å². The molecule has 2 rings (SSSR count). The number of rotatable bonds is 4. The van der Waals surface area contributed by atoms with Crippen LogP contribution in [0, 0.1) is 5.92 Å². The van der Waals surface area contributed by atoms with Crippen molar-refractivity contribution < 1.29 is 0 Å². The summed E-state index contributed by atoms with van der Waals surface area (Å²) >= 11 is 3.58. The normalized spacial score (nSPS) is 21.6. The minimum Gasteiger partial charge on any atom is -0.356 e.